The standard InChI is InChI=1S/C24H18F5N9/c1-2-15(13-9-36-38(10-13)18-4-3-14(25)5-17(18)26)20-16(6-30)19(21(37-20)22(32)35-11-31)12-7-33-23(34-8-12)24(27,28)29/h3-5,7-11,15,37H,2H2,1H3,(H3,31,32,35)/p+1. The number of amidine groups is 1. The summed E-state index contributed by atoms with van der Waals surface area (Å²) >= 11 is 0. The Balaban J connectivity index is 1.86. The molecule has 0 radical (unpaired) electrons. The Morgan fingerprint density at radius 3 is 2.55 bits per heavy atom. The smallest absolute Gasteiger partial charge is 0.361 e. The first-order chi connectivity index (χ1) is 18.1. The van der Waals surface area contributed by atoms with Gasteiger partial charge in [0.05, 0.1) is 11.8 Å². The van der Waals surface area contributed by atoms with Crippen molar-refractivity contribution in [3.05, 3.63) is 83.0 Å². The van der Waals surface area contributed by atoms with Crippen molar-refractivity contribution in [3.8, 4) is 22.9 Å². The van der Waals surface area contributed by atoms with E-state index in [1.54, 1.807) is 0 Å². The number of hydrogen-bond acceptors (Lipinski definition) is 4. The van der Waals surface area contributed by atoms with E-state index >= 15 is 0 Å². The lowest BCUT2D eigenvalue weighted by Gasteiger charge is -2.12. The first-order valence-electron chi connectivity index (χ1n) is 11.0. The van der Waals surface area contributed by atoms with E-state index in [4.69, 9.17) is 11.1 Å². The zero-order chi connectivity index (χ0) is 27.6. The van der Waals surface area contributed by atoms with Gasteiger partial charge >= 0.3 is 6.18 Å². The van der Waals surface area contributed by atoms with Gasteiger partial charge in [-0.2, -0.15) is 23.5 Å². The molecule has 0 aliphatic rings. The van der Waals surface area contributed by atoms with Crippen molar-refractivity contribution < 1.29 is 27.4 Å². The molecule has 0 aliphatic carbocycles. The van der Waals surface area contributed by atoms with Gasteiger partial charge in [-0.05, 0) is 29.1 Å². The summed E-state index contributed by atoms with van der Waals surface area (Å²) in [6, 6.07) is 5.13. The van der Waals surface area contributed by atoms with Crippen molar-refractivity contribution in [1.82, 2.24) is 24.7 Å². The molecule has 1 atom stereocenters. The molecular formula is C24H19F5N9+. The van der Waals surface area contributed by atoms with Crippen LogP contribution in [0.4, 0.5) is 22.0 Å². The highest BCUT2D eigenvalue weighted by Gasteiger charge is 2.35. The number of H-pyrrole nitrogens is 1. The third-order valence-corrected chi connectivity index (χ3v) is 5.72. The molecule has 0 saturated heterocycles. The van der Waals surface area contributed by atoms with E-state index in [2.05, 4.69) is 31.1 Å². The van der Waals surface area contributed by atoms with Crippen LogP contribution in [-0.2, 0) is 6.18 Å². The quantitative estimate of drug-likeness (QED) is 0.192. The summed E-state index contributed by atoms with van der Waals surface area (Å²) in [4.78, 5) is 13.7. The maximum Gasteiger partial charge on any atom is 0.451 e. The highest BCUT2D eigenvalue weighted by molar-refractivity contribution is 6.06. The summed E-state index contributed by atoms with van der Waals surface area (Å²) < 4.78 is 67.9. The summed E-state index contributed by atoms with van der Waals surface area (Å²) in [7, 11) is 0. The SMILES string of the molecule is CCC(c1cnn(-c2ccc(F)cc2F)c1)c1[nH]c(C(N)=NC=[NH2+])c(-c2cnc(C(F)(F)F)nc2)c1C#N. The zero-order valence-electron chi connectivity index (χ0n) is 19.6. The number of nitrogens with two attached hydrogens (primary N) is 2. The Morgan fingerprint density at radius 1 is 1.26 bits per heavy atom. The number of halogens is 5. The van der Waals surface area contributed by atoms with Crippen LogP contribution in [0, 0.1) is 23.0 Å². The molecule has 4 aromatic rings. The lowest BCUT2D eigenvalue weighted by atomic mass is 9.91. The first-order valence-corrected chi connectivity index (χ1v) is 11.0. The van der Waals surface area contributed by atoms with Gasteiger partial charge in [0, 0.05) is 47.4 Å². The lowest BCUT2D eigenvalue weighted by Crippen LogP contribution is -2.30. The number of rotatable bonds is 7. The molecule has 0 fully saturated rings. The van der Waals surface area contributed by atoms with Crippen LogP contribution in [0.2, 0.25) is 0 Å². The fourth-order valence-electron chi connectivity index (χ4n) is 4.05. The Bertz CT molecular complexity index is 1560. The number of nitrogens with zero attached hydrogens (tertiary/aromatic N) is 6. The maximum atomic E-state index is 14.3. The average Bonchev–Trinajstić information content (AvgIpc) is 3.50. The molecule has 0 aliphatic heterocycles. The van der Waals surface area contributed by atoms with Gasteiger partial charge < -0.3 is 10.7 Å². The summed E-state index contributed by atoms with van der Waals surface area (Å²) in [6.07, 6.45) is 1.45. The molecule has 14 heteroatoms. The van der Waals surface area contributed by atoms with E-state index in [1.807, 2.05) is 6.92 Å². The molecule has 0 saturated carbocycles. The minimum Gasteiger partial charge on any atom is -0.361 e. The van der Waals surface area contributed by atoms with Crippen LogP contribution in [0.5, 0.6) is 0 Å². The van der Waals surface area contributed by atoms with Crippen LogP contribution in [-0.4, -0.2) is 36.9 Å². The third kappa shape index (κ3) is 4.85. The van der Waals surface area contributed by atoms with Crippen molar-refractivity contribution in [3.63, 3.8) is 0 Å². The van der Waals surface area contributed by atoms with Crippen LogP contribution in [0.15, 0.2) is 48.0 Å². The Labute approximate surface area is 212 Å². The molecule has 1 aromatic carbocycles. The number of benzene rings is 1. The predicted octanol–water partition coefficient (Wildman–Crippen LogP) is 2.86. The van der Waals surface area contributed by atoms with Crippen molar-refractivity contribution in [1.29, 1.82) is 5.26 Å². The van der Waals surface area contributed by atoms with Crippen molar-refractivity contribution >= 4 is 12.2 Å². The van der Waals surface area contributed by atoms with E-state index in [9.17, 15) is 27.2 Å². The molecule has 0 bridgehead atoms. The molecule has 4 rings (SSSR count). The van der Waals surface area contributed by atoms with Crippen molar-refractivity contribution in [2.75, 3.05) is 0 Å². The van der Waals surface area contributed by atoms with E-state index in [-0.39, 0.29) is 33.9 Å². The largest absolute Gasteiger partial charge is 0.451 e. The highest BCUT2D eigenvalue weighted by Crippen LogP contribution is 2.37. The number of nitrogens with one attached hydrogen (secondary N) is 1. The van der Waals surface area contributed by atoms with Crippen LogP contribution >= 0.6 is 0 Å². The van der Waals surface area contributed by atoms with Crippen LogP contribution < -0.4 is 11.1 Å². The number of alkyl halides is 3. The number of hydrogen-bond donors (Lipinski definition) is 3. The van der Waals surface area contributed by atoms with Crippen LogP contribution in [0.1, 0.15) is 47.6 Å². The van der Waals surface area contributed by atoms with Gasteiger partial charge in [-0.1, -0.05) is 6.92 Å². The summed E-state index contributed by atoms with van der Waals surface area (Å²) in [6.45, 7) is 1.83. The summed E-state index contributed by atoms with van der Waals surface area (Å²) in [5, 5.41) is 19.6. The average molecular weight is 528 g/mol. The Morgan fingerprint density at radius 2 is 1.97 bits per heavy atom. The minimum atomic E-state index is -4.75. The van der Waals surface area contributed by atoms with Gasteiger partial charge in [0.1, 0.15) is 23.3 Å². The molecule has 9 nitrogen and oxygen atoms in total. The zero-order valence-corrected chi connectivity index (χ0v) is 19.6. The molecule has 194 valence electrons. The molecular weight excluding hydrogens is 509 g/mol. The second kappa shape index (κ2) is 10.2. The molecule has 38 heavy (non-hydrogen) atoms. The van der Waals surface area contributed by atoms with Crippen molar-refractivity contribution in [2.45, 2.75) is 25.4 Å². The van der Waals surface area contributed by atoms with E-state index in [0.29, 0.717) is 17.7 Å². The van der Waals surface area contributed by atoms with Gasteiger partial charge in [-0.15, -0.1) is 0 Å². The molecule has 3 aromatic heterocycles. The van der Waals surface area contributed by atoms with Gasteiger partial charge in [-0.3, -0.25) is 5.41 Å². The summed E-state index contributed by atoms with van der Waals surface area (Å²) in [5.41, 5.74) is 7.39. The predicted molar refractivity (Wildman–Crippen MR) is 126 cm³/mol. The fourth-order valence-corrected chi connectivity index (χ4v) is 4.05. The Kier molecular flexibility index (Phi) is 7.02. The lowest BCUT2D eigenvalue weighted by molar-refractivity contribution is -0.145. The van der Waals surface area contributed by atoms with E-state index in [0.717, 1.165) is 30.9 Å². The third-order valence-electron chi connectivity index (χ3n) is 5.72. The normalized spacial score (nSPS) is 12.8. The monoisotopic (exact) mass is 528 g/mol. The van der Waals surface area contributed by atoms with E-state index < -0.39 is 29.6 Å². The Hall–Kier alpha value is -4.93. The number of aromatic nitrogens is 5. The fraction of sp³-hybridized carbons (Fsp3) is 0.167. The second-order valence-corrected chi connectivity index (χ2v) is 8.01. The van der Waals surface area contributed by atoms with Crippen LogP contribution in [0.3, 0.4) is 0 Å². The maximum absolute atomic E-state index is 14.3. The molecule has 3 heterocycles. The number of aliphatic imine (C=N–C) groups is 1. The minimum absolute atomic E-state index is 0.0117. The van der Waals surface area contributed by atoms with Crippen LogP contribution in [0.25, 0.3) is 16.8 Å². The summed E-state index contributed by atoms with van der Waals surface area (Å²) in [5.74, 6) is -3.56. The first kappa shape index (κ1) is 26.1. The highest BCUT2D eigenvalue weighted by atomic mass is 19.4. The molecule has 0 amide bonds. The van der Waals surface area contributed by atoms with Gasteiger partial charge in [0.2, 0.25) is 5.82 Å². The van der Waals surface area contributed by atoms with Gasteiger partial charge in [0.15, 0.2) is 5.82 Å². The second-order valence-electron chi connectivity index (χ2n) is 8.01. The topological polar surface area (TPSA) is 147 Å². The molecule has 0 spiro atoms. The molecule has 5 N–H and O–H groups in total. The number of nitriles is 1. The van der Waals surface area contributed by atoms with Gasteiger partial charge in [0.25, 0.3) is 12.2 Å². The van der Waals surface area contributed by atoms with E-state index in [1.165, 1.54) is 23.1 Å². The van der Waals surface area contributed by atoms with Gasteiger partial charge in [-0.25, -0.2) is 23.4 Å². The van der Waals surface area contributed by atoms with Crippen molar-refractivity contribution in [2.24, 2.45) is 10.7 Å². The molecule has 1 unspecified atom stereocenters. The number of aromatic amines is 1.